The van der Waals surface area contributed by atoms with Gasteiger partial charge in [0.2, 0.25) is 5.88 Å². The number of hydrogen-bond donors (Lipinski definition) is 1. The van der Waals surface area contributed by atoms with Gasteiger partial charge in [0.25, 0.3) is 0 Å². The molecule has 0 amide bonds. The summed E-state index contributed by atoms with van der Waals surface area (Å²) in [7, 11) is 0. The van der Waals surface area contributed by atoms with Crippen molar-refractivity contribution in [2.75, 3.05) is 49.8 Å². The van der Waals surface area contributed by atoms with E-state index >= 15 is 0 Å². The van der Waals surface area contributed by atoms with Gasteiger partial charge >= 0.3 is 0 Å². The van der Waals surface area contributed by atoms with Gasteiger partial charge in [0, 0.05) is 36.6 Å². The number of hydrogen-bond acceptors (Lipinski definition) is 6. The Bertz CT molecular complexity index is 938. The minimum atomic E-state index is 0.503. The molecule has 1 aliphatic carbocycles. The predicted molar refractivity (Wildman–Crippen MR) is 129 cm³/mol. The van der Waals surface area contributed by atoms with E-state index in [9.17, 15) is 0 Å². The highest BCUT2D eigenvalue weighted by molar-refractivity contribution is 5.80. The van der Waals surface area contributed by atoms with Gasteiger partial charge in [0.15, 0.2) is 5.82 Å². The van der Waals surface area contributed by atoms with Crippen molar-refractivity contribution in [3.63, 3.8) is 0 Å². The zero-order valence-electron chi connectivity index (χ0n) is 18.8. The number of nitrogens with one attached hydrogen (secondary N) is 1. The molecule has 0 saturated carbocycles. The fourth-order valence-corrected chi connectivity index (χ4v) is 3.85. The van der Waals surface area contributed by atoms with E-state index in [0.29, 0.717) is 24.8 Å². The number of anilines is 2. The molecule has 4 rings (SSSR count). The Kier molecular flexibility index (Phi) is 7.98. The van der Waals surface area contributed by atoms with Gasteiger partial charge in [-0.1, -0.05) is 35.9 Å². The second-order valence-corrected chi connectivity index (χ2v) is 8.10. The van der Waals surface area contributed by atoms with E-state index in [-0.39, 0.29) is 0 Å². The molecular formula is C25H32N5O2. The highest BCUT2D eigenvalue weighted by atomic mass is 16.5. The average Bonchev–Trinajstić information content (AvgIpc) is 2.83. The summed E-state index contributed by atoms with van der Waals surface area (Å²) in [5.74, 6) is 1.23. The lowest BCUT2D eigenvalue weighted by Gasteiger charge is -2.29. The van der Waals surface area contributed by atoms with Gasteiger partial charge in [-0.3, -0.25) is 10.7 Å². The van der Waals surface area contributed by atoms with Gasteiger partial charge in [-0.25, -0.2) is 0 Å². The van der Waals surface area contributed by atoms with Crippen LogP contribution < -0.4 is 20.4 Å². The molecule has 0 atom stereocenters. The van der Waals surface area contributed by atoms with Crippen LogP contribution in [-0.2, 0) is 4.74 Å². The quantitative estimate of drug-likeness (QED) is 0.365. The minimum absolute atomic E-state index is 0.503. The van der Waals surface area contributed by atoms with Gasteiger partial charge in [-0.15, -0.1) is 0 Å². The molecule has 0 spiro atoms. The predicted octanol–water partition coefficient (Wildman–Crippen LogP) is 4.11. The summed E-state index contributed by atoms with van der Waals surface area (Å²) in [6.07, 6.45) is 8.77. The SMILES string of the molecule is Cc1cccc(/C=N/Nc2cc(N3CCOCC3)cc(OCC[N]C3=CCCCC3)n2)c1. The highest BCUT2D eigenvalue weighted by Crippen LogP contribution is 2.25. The third kappa shape index (κ3) is 6.72. The molecular weight excluding hydrogens is 402 g/mol. The van der Waals surface area contributed by atoms with Gasteiger partial charge in [0.1, 0.15) is 6.61 Å². The first-order valence-corrected chi connectivity index (χ1v) is 11.5. The van der Waals surface area contributed by atoms with Crippen LogP contribution in [0.3, 0.4) is 0 Å². The zero-order chi connectivity index (χ0) is 22.0. The average molecular weight is 435 g/mol. The Balaban J connectivity index is 1.40. The second kappa shape index (κ2) is 11.5. The second-order valence-electron chi connectivity index (χ2n) is 8.10. The van der Waals surface area contributed by atoms with Gasteiger partial charge in [-0.05, 0) is 38.2 Å². The molecule has 7 nitrogen and oxygen atoms in total. The summed E-state index contributed by atoms with van der Waals surface area (Å²) in [4.78, 5) is 6.88. The number of morpholine rings is 1. The number of rotatable bonds is 9. The zero-order valence-corrected chi connectivity index (χ0v) is 18.8. The van der Waals surface area contributed by atoms with Crippen molar-refractivity contribution >= 4 is 17.7 Å². The van der Waals surface area contributed by atoms with Crippen molar-refractivity contribution in [1.29, 1.82) is 0 Å². The molecule has 1 aliphatic heterocycles. The van der Waals surface area contributed by atoms with Crippen molar-refractivity contribution in [3.8, 4) is 5.88 Å². The van der Waals surface area contributed by atoms with Crippen LogP contribution in [0.5, 0.6) is 5.88 Å². The van der Waals surface area contributed by atoms with Crippen LogP contribution in [0.25, 0.3) is 0 Å². The Labute approximate surface area is 190 Å². The maximum atomic E-state index is 5.97. The Morgan fingerprint density at radius 3 is 2.91 bits per heavy atom. The first-order chi connectivity index (χ1) is 15.8. The summed E-state index contributed by atoms with van der Waals surface area (Å²) in [6.45, 7) is 6.35. The van der Waals surface area contributed by atoms with Crippen LogP contribution >= 0.6 is 0 Å². The Hall–Kier alpha value is -3.06. The van der Waals surface area contributed by atoms with Crippen LogP contribution in [0, 0.1) is 6.92 Å². The number of ether oxygens (including phenoxy) is 2. The Morgan fingerprint density at radius 2 is 2.09 bits per heavy atom. The molecule has 0 unspecified atom stereocenters. The first-order valence-electron chi connectivity index (χ1n) is 11.5. The first kappa shape index (κ1) is 22.1. The van der Waals surface area contributed by atoms with Crippen molar-refractivity contribution in [3.05, 3.63) is 59.3 Å². The standard InChI is InChI=1S/C25H32N5O2/c1-20-6-5-7-21(16-20)19-27-29-24-17-23(30-11-14-31-15-12-30)18-25(28-24)32-13-10-26-22-8-3-2-4-9-22/h5-8,16-19H,2-4,9-15H2,1H3,(H,28,29)/b27-19+. The Morgan fingerprint density at radius 1 is 1.19 bits per heavy atom. The van der Waals surface area contributed by atoms with Crippen LogP contribution in [-0.4, -0.2) is 50.7 Å². The fraction of sp³-hybridized carbons (Fsp3) is 0.440. The molecule has 1 aromatic carbocycles. The molecule has 32 heavy (non-hydrogen) atoms. The molecule has 1 N–H and O–H groups in total. The van der Waals surface area contributed by atoms with E-state index in [1.54, 1.807) is 6.21 Å². The van der Waals surface area contributed by atoms with Crippen molar-refractivity contribution < 1.29 is 9.47 Å². The lowest BCUT2D eigenvalue weighted by Crippen LogP contribution is -2.36. The molecule has 2 heterocycles. The summed E-state index contributed by atoms with van der Waals surface area (Å²) >= 11 is 0. The van der Waals surface area contributed by atoms with E-state index in [1.165, 1.54) is 24.1 Å². The fourth-order valence-electron chi connectivity index (χ4n) is 3.85. The lowest BCUT2D eigenvalue weighted by atomic mass is 10.1. The maximum absolute atomic E-state index is 5.97. The van der Waals surface area contributed by atoms with Crippen molar-refractivity contribution in [2.24, 2.45) is 5.10 Å². The normalized spacial score (nSPS) is 16.7. The van der Waals surface area contributed by atoms with Crippen LogP contribution in [0.2, 0.25) is 0 Å². The number of aryl methyl sites for hydroxylation is 1. The molecule has 0 bridgehead atoms. The number of benzene rings is 1. The number of nitrogens with zero attached hydrogens (tertiary/aromatic N) is 4. The molecule has 1 radical (unpaired) electrons. The number of allylic oxidation sites excluding steroid dienone is 2. The van der Waals surface area contributed by atoms with E-state index < -0.39 is 0 Å². The number of aromatic nitrogens is 1. The topological polar surface area (TPSA) is 73.1 Å². The van der Waals surface area contributed by atoms with E-state index in [2.05, 4.69) is 50.9 Å². The lowest BCUT2D eigenvalue weighted by molar-refractivity contribution is 0.122. The molecule has 2 aliphatic rings. The smallest absolute Gasteiger partial charge is 0.217 e. The molecule has 1 saturated heterocycles. The van der Waals surface area contributed by atoms with Gasteiger partial charge < -0.3 is 14.4 Å². The third-order valence-corrected chi connectivity index (χ3v) is 5.52. The van der Waals surface area contributed by atoms with Crippen LogP contribution in [0.15, 0.2) is 53.3 Å². The van der Waals surface area contributed by atoms with Crippen LogP contribution in [0.4, 0.5) is 11.5 Å². The summed E-state index contributed by atoms with van der Waals surface area (Å²) in [6, 6.07) is 12.2. The third-order valence-electron chi connectivity index (χ3n) is 5.52. The molecule has 1 aromatic heterocycles. The van der Waals surface area contributed by atoms with Crippen molar-refractivity contribution in [2.45, 2.75) is 32.6 Å². The van der Waals surface area contributed by atoms with E-state index in [0.717, 1.165) is 50.4 Å². The molecule has 1 fully saturated rings. The summed E-state index contributed by atoms with van der Waals surface area (Å²) in [5.41, 5.74) is 7.57. The molecule has 2 aromatic rings. The minimum Gasteiger partial charge on any atom is -0.476 e. The summed E-state index contributed by atoms with van der Waals surface area (Å²) < 4.78 is 11.5. The van der Waals surface area contributed by atoms with Gasteiger partial charge in [0.05, 0.1) is 26.0 Å². The number of hydrazone groups is 1. The van der Waals surface area contributed by atoms with Crippen molar-refractivity contribution in [1.82, 2.24) is 10.3 Å². The van der Waals surface area contributed by atoms with Crippen LogP contribution in [0.1, 0.15) is 36.8 Å². The van der Waals surface area contributed by atoms with E-state index in [1.807, 2.05) is 24.3 Å². The largest absolute Gasteiger partial charge is 0.476 e. The molecule has 169 valence electrons. The van der Waals surface area contributed by atoms with Gasteiger partial charge in [-0.2, -0.15) is 10.1 Å². The maximum Gasteiger partial charge on any atom is 0.217 e. The molecule has 7 heteroatoms. The highest BCUT2D eigenvalue weighted by Gasteiger charge is 2.14. The number of pyridine rings is 1. The van der Waals surface area contributed by atoms with E-state index in [4.69, 9.17) is 9.47 Å². The summed E-state index contributed by atoms with van der Waals surface area (Å²) in [5, 5.41) is 9.04. The monoisotopic (exact) mass is 434 g/mol.